The van der Waals surface area contributed by atoms with Gasteiger partial charge in [0.25, 0.3) is 0 Å². The van der Waals surface area contributed by atoms with E-state index in [1.807, 2.05) is 0 Å². The maximum Gasteiger partial charge on any atom is 0.0954 e. The van der Waals surface area contributed by atoms with Crippen LogP contribution >= 0.6 is 11.3 Å². The molecule has 0 saturated heterocycles. The molecule has 78 valence electrons. The molecule has 0 saturated carbocycles. The van der Waals surface area contributed by atoms with Gasteiger partial charge in [0.1, 0.15) is 0 Å². The minimum atomic E-state index is 0.229. The monoisotopic (exact) mass is 212 g/mol. The zero-order valence-electron chi connectivity index (χ0n) is 8.45. The lowest BCUT2D eigenvalue weighted by Crippen LogP contribution is -2.15. The minimum absolute atomic E-state index is 0.229. The van der Waals surface area contributed by atoms with Crippen molar-refractivity contribution in [3.05, 3.63) is 15.6 Å². The highest BCUT2D eigenvalue weighted by Crippen LogP contribution is 2.32. The molecule has 0 radical (unpaired) electrons. The normalized spacial score (nSPS) is 20.9. The van der Waals surface area contributed by atoms with Crippen LogP contribution in [-0.4, -0.2) is 18.7 Å². The molecule has 0 spiro atoms. The van der Waals surface area contributed by atoms with Crippen molar-refractivity contribution >= 4 is 11.3 Å². The topological polar surface area (TPSA) is 48.1 Å². The van der Waals surface area contributed by atoms with Crippen molar-refractivity contribution in [1.82, 2.24) is 4.98 Å². The highest BCUT2D eigenvalue weighted by atomic mass is 32.1. The number of nitrogens with two attached hydrogens (primary N) is 1. The van der Waals surface area contributed by atoms with Crippen LogP contribution in [0.1, 0.15) is 34.5 Å². The molecular formula is C10H16N2OS. The smallest absolute Gasteiger partial charge is 0.0954 e. The number of thiazole rings is 1. The molecule has 1 aliphatic rings. The van der Waals surface area contributed by atoms with E-state index in [1.165, 1.54) is 22.0 Å². The van der Waals surface area contributed by atoms with E-state index in [9.17, 15) is 0 Å². The third kappa shape index (κ3) is 1.97. The average molecular weight is 212 g/mol. The van der Waals surface area contributed by atoms with Crippen LogP contribution in [0.2, 0.25) is 0 Å². The fourth-order valence-electron chi connectivity index (χ4n) is 1.80. The first-order chi connectivity index (χ1) is 6.81. The first-order valence-electron chi connectivity index (χ1n) is 5.04. The fourth-order valence-corrected chi connectivity index (χ4v) is 2.93. The summed E-state index contributed by atoms with van der Waals surface area (Å²) >= 11 is 1.77. The molecule has 1 unspecified atom stereocenters. The van der Waals surface area contributed by atoms with Gasteiger partial charge in [-0.2, -0.15) is 0 Å². The first-order valence-corrected chi connectivity index (χ1v) is 5.86. The summed E-state index contributed by atoms with van der Waals surface area (Å²) in [7, 11) is 1.72. The van der Waals surface area contributed by atoms with Crippen LogP contribution in [0.3, 0.4) is 0 Å². The predicted octanol–water partition coefficient (Wildman–Crippen LogP) is 1.67. The number of rotatable bonds is 3. The van der Waals surface area contributed by atoms with Crippen molar-refractivity contribution in [2.75, 3.05) is 13.7 Å². The lowest BCUT2D eigenvalue weighted by atomic mass is 9.99. The number of hydrogen-bond donors (Lipinski definition) is 1. The van der Waals surface area contributed by atoms with Crippen molar-refractivity contribution in [1.29, 1.82) is 0 Å². The van der Waals surface area contributed by atoms with Gasteiger partial charge in [-0.05, 0) is 19.3 Å². The quantitative estimate of drug-likeness (QED) is 0.829. The Morgan fingerprint density at radius 3 is 3.21 bits per heavy atom. The van der Waals surface area contributed by atoms with Crippen LogP contribution in [0.4, 0.5) is 0 Å². The Labute approximate surface area is 88.3 Å². The zero-order chi connectivity index (χ0) is 9.97. The molecule has 1 atom stereocenters. The number of ether oxygens (including phenoxy) is 1. The Balaban J connectivity index is 2.13. The average Bonchev–Trinajstić information content (AvgIpc) is 2.59. The lowest BCUT2D eigenvalue weighted by molar-refractivity contribution is 0.202. The summed E-state index contributed by atoms with van der Waals surface area (Å²) in [4.78, 5) is 5.90. The summed E-state index contributed by atoms with van der Waals surface area (Å²) in [5.74, 6) is 0. The molecular weight excluding hydrogens is 196 g/mol. The molecule has 0 fully saturated rings. The van der Waals surface area contributed by atoms with Gasteiger partial charge >= 0.3 is 0 Å². The number of hydrogen-bond acceptors (Lipinski definition) is 4. The number of fused-ring (bicyclic) bond motifs is 1. The Bertz CT molecular complexity index is 311. The molecule has 3 nitrogen and oxygen atoms in total. The molecule has 2 N–H and O–H groups in total. The SMILES string of the molecule is COCCc1nc2c(s1)C(N)CCC2. The van der Waals surface area contributed by atoms with E-state index >= 15 is 0 Å². The molecule has 0 aromatic carbocycles. The van der Waals surface area contributed by atoms with E-state index in [0.717, 1.165) is 25.9 Å². The van der Waals surface area contributed by atoms with Crippen LogP contribution in [0.15, 0.2) is 0 Å². The second-order valence-corrected chi connectivity index (χ2v) is 4.78. The molecule has 4 heteroatoms. The van der Waals surface area contributed by atoms with E-state index in [1.54, 1.807) is 18.4 Å². The standard InChI is InChI=1S/C10H16N2OS/c1-13-6-5-9-12-8-4-2-3-7(11)10(8)14-9/h7H,2-6,11H2,1H3. The van der Waals surface area contributed by atoms with Gasteiger partial charge in [0.2, 0.25) is 0 Å². The second kappa shape index (κ2) is 4.38. The van der Waals surface area contributed by atoms with E-state index in [2.05, 4.69) is 4.98 Å². The van der Waals surface area contributed by atoms with E-state index in [-0.39, 0.29) is 6.04 Å². The lowest BCUT2D eigenvalue weighted by Gasteiger charge is -2.15. The minimum Gasteiger partial charge on any atom is -0.384 e. The molecule has 2 rings (SSSR count). The molecule has 1 aromatic heterocycles. The highest BCUT2D eigenvalue weighted by molar-refractivity contribution is 7.11. The van der Waals surface area contributed by atoms with Crippen molar-refractivity contribution in [2.45, 2.75) is 31.7 Å². The summed E-state index contributed by atoms with van der Waals surface area (Å²) < 4.78 is 5.04. The van der Waals surface area contributed by atoms with Gasteiger partial charge in [0, 0.05) is 24.4 Å². The van der Waals surface area contributed by atoms with Crippen LogP contribution < -0.4 is 5.73 Å². The number of aryl methyl sites for hydroxylation is 1. The predicted molar refractivity (Wildman–Crippen MR) is 57.6 cm³/mol. The van der Waals surface area contributed by atoms with Crippen molar-refractivity contribution in [3.8, 4) is 0 Å². The fraction of sp³-hybridized carbons (Fsp3) is 0.700. The second-order valence-electron chi connectivity index (χ2n) is 3.66. The molecule has 0 amide bonds. The van der Waals surface area contributed by atoms with Gasteiger partial charge in [-0.25, -0.2) is 4.98 Å². The van der Waals surface area contributed by atoms with Crippen LogP contribution in [0.5, 0.6) is 0 Å². The molecule has 1 aromatic rings. The Morgan fingerprint density at radius 1 is 1.64 bits per heavy atom. The third-order valence-corrected chi connectivity index (χ3v) is 3.85. The molecule has 0 bridgehead atoms. The number of methoxy groups -OCH3 is 1. The third-order valence-electron chi connectivity index (χ3n) is 2.56. The Hall–Kier alpha value is -0.450. The molecule has 1 heterocycles. The van der Waals surface area contributed by atoms with Gasteiger partial charge in [-0.15, -0.1) is 11.3 Å². The van der Waals surface area contributed by atoms with Crippen LogP contribution in [-0.2, 0) is 17.6 Å². The molecule has 14 heavy (non-hydrogen) atoms. The van der Waals surface area contributed by atoms with Crippen LogP contribution in [0.25, 0.3) is 0 Å². The maximum atomic E-state index is 6.03. The summed E-state index contributed by atoms with van der Waals surface area (Å²) in [6.45, 7) is 0.752. The molecule has 1 aliphatic carbocycles. The van der Waals surface area contributed by atoms with Gasteiger partial charge in [0.15, 0.2) is 0 Å². The van der Waals surface area contributed by atoms with E-state index in [0.29, 0.717) is 0 Å². The van der Waals surface area contributed by atoms with Gasteiger partial charge in [-0.1, -0.05) is 0 Å². The highest BCUT2D eigenvalue weighted by Gasteiger charge is 2.21. The van der Waals surface area contributed by atoms with E-state index in [4.69, 9.17) is 10.5 Å². The van der Waals surface area contributed by atoms with Crippen molar-refractivity contribution in [3.63, 3.8) is 0 Å². The zero-order valence-corrected chi connectivity index (χ0v) is 9.27. The number of nitrogens with zero attached hydrogens (tertiary/aromatic N) is 1. The Morgan fingerprint density at radius 2 is 2.50 bits per heavy atom. The van der Waals surface area contributed by atoms with Gasteiger partial charge in [-0.3, -0.25) is 0 Å². The first kappa shape index (κ1) is 10.1. The van der Waals surface area contributed by atoms with Gasteiger partial charge < -0.3 is 10.5 Å². The molecule has 0 aliphatic heterocycles. The number of aromatic nitrogens is 1. The summed E-state index contributed by atoms with van der Waals surface area (Å²) in [5.41, 5.74) is 7.26. The van der Waals surface area contributed by atoms with Crippen molar-refractivity contribution < 1.29 is 4.74 Å². The van der Waals surface area contributed by atoms with Gasteiger partial charge in [0.05, 0.1) is 17.3 Å². The summed E-state index contributed by atoms with van der Waals surface area (Å²) in [6, 6.07) is 0.229. The van der Waals surface area contributed by atoms with Crippen molar-refractivity contribution in [2.24, 2.45) is 5.73 Å². The summed E-state index contributed by atoms with van der Waals surface area (Å²) in [5, 5.41) is 1.18. The van der Waals surface area contributed by atoms with E-state index < -0.39 is 0 Å². The maximum absolute atomic E-state index is 6.03. The van der Waals surface area contributed by atoms with Crippen LogP contribution in [0, 0.1) is 0 Å². The summed E-state index contributed by atoms with van der Waals surface area (Å²) in [6.07, 6.45) is 4.31. The largest absolute Gasteiger partial charge is 0.384 e. The Kier molecular flexibility index (Phi) is 3.15.